The normalized spacial score (nSPS) is 10.9. The predicted molar refractivity (Wildman–Crippen MR) is 138 cm³/mol. The van der Waals surface area contributed by atoms with Crippen molar-refractivity contribution >= 4 is 55.2 Å². The predicted octanol–water partition coefficient (Wildman–Crippen LogP) is 5.59. The quantitative estimate of drug-likeness (QED) is 0.219. The van der Waals surface area contributed by atoms with Crippen LogP contribution < -0.4 is 14.8 Å². The zero-order valence-corrected chi connectivity index (χ0v) is 21.4. The molecule has 33 heavy (non-hydrogen) atoms. The van der Waals surface area contributed by atoms with Crippen LogP contribution in [-0.4, -0.2) is 42.4 Å². The second kappa shape index (κ2) is 11.0. The van der Waals surface area contributed by atoms with Crippen LogP contribution in [0.1, 0.15) is 5.56 Å². The topological polar surface area (TPSA) is 73.3 Å². The van der Waals surface area contributed by atoms with E-state index in [4.69, 9.17) is 9.47 Å². The molecule has 2 aromatic heterocycles. The number of thioether (sulfide) groups is 1. The molecular formula is C24H22BrN3O3S2. The van der Waals surface area contributed by atoms with Crippen LogP contribution in [-0.2, 0) is 11.2 Å². The van der Waals surface area contributed by atoms with Crippen LogP contribution in [0.25, 0.3) is 21.3 Å². The molecule has 0 aliphatic carbocycles. The van der Waals surface area contributed by atoms with Crippen LogP contribution in [0.5, 0.6) is 11.5 Å². The van der Waals surface area contributed by atoms with E-state index in [1.807, 2.05) is 30.3 Å². The number of carbonyl (C=O) groups is 1. The van der Waals surface area contributed by atoms with Gasteiger partial charge < -0.3 is 14.8 Å². The molecule has 0 aliphatic rings. The van der Waals surface area contributed by atoms with E-state index < -0.39 is 0 Å². The van der Waals surface area contributed by atoms with Gasteiger partial charge in [-0.15, -0.1) is 11.3 Å². The van der Waals surface area contributed by atoms with Gasteiger partial charge in [-0.3, -0.25) is 4.79 Å². The van der Waals surface area contributed by atoms with Crippen LogP contribution in [0.4, 0.5) is 0 Å². The minimum Gasteiger partial charge on any atom is -0.493 e. The molecule has 0 saturated heterocycles. The van der Waals surface area contributed by atoms with Crippen molar-refractivity contribution in [2.75, 3.05) is 26.5 Å². The third-order valence-corrected chi connectivity index (χ3v) is 7.42. The van der Waals surface area contributed by atoms with Crippen molar-refractivity contribution in [3.05, 3.63) is 64.2 Å². The van der Waals surface area contributed by atoms with Crippen molar-refractivity contribution in [1.82, 2.24) is 15.3 Å². The molecule has 4 rings (SSSR count). The number of hydrogen-bond acceptors (Lipinski definition) is 7. The van der Waals surface area contributed by atoms with Crippen molar-refractivity contribution in [3.63, 3.8) is 0 Å². The van der Waals surface area contributed by atoms with E-state index in [0.717, 1.165) is 36.4 Å². The summed E-state index contributed by atoms with van der Waals surface area (Å²) in [6, 6.07) is 13.9. The molecule has 0 unspecified atom stereocenters. The van der Waals surface area contributed by atoms with Gasteiger partial charge in [0.25, 0.3) is 0 Å². The molecule has 170 valence electrons. The molecule has 0 fully saturated rings. The Morgan fingerprint density at radius 2 is 1.88 bits per heavy atom. The summed E-state index contributed by atoms with van der Waals surface area (Å²) >= 11 is 6.49. The standard InChI is InChI=1S/C24H22BrN3O3S2/c1-30-19-8-3-15(11-20(19)31-2)9-10-26-21(29)13-33-24-22-18(12-32-23(22)27-14-28-24)16-4-6-17(25)7-5-16/h3-8,11-12,14H,9-10,13H2,1-2H3,(H,26,29). The van der Waals surface area contributed by atoms with Crippen LogP contribution in [0.3, 0.4) is 0 Å². The second-order valence-corrected chi connectivity index (χ2v) is 9.83. The van der Waals surface area contributed by atoms with Gasteiger partial charge in [-0.1, -0.05) is 45.9 Å². The minimum atomic E-state index is -0.0346. The Labute approximate surface area is 208 Å². The fraction of sp³-hybridized carbons (Fsp3) is 0.208. The number of amides is 1. The van der Waals surface area contributed by atoms with Crippen LogP contribution in [0.2, 0.25) is 0 Å². The van der Waals surface area contributed by atoms with E-state index in [1.54, 1.807) is 31.9 Å². The average Bonchev–Trinajstić information content (AvgIpc) is 3.28. The van der Waals surface area contributed by atoms with E-state index >= 15 is 0 Å². The Hall–Kier alpha value is -2.62. The van der Waals surface area contributed by atoms with Gasteiger partial charge in [0.15, 0.2) is 11.5 Å². The number of benzene rings is 2. The van der Waals surface area contributed by atoms with Crippen LogP contribution >= 0.6 is 39.0 Å². The summed E-state index contributed by atoms with van der Waals surface area (Å²) in [4.78, 5) is 22.3. The van der Waals surface area contributed by atoms with Gasteiger partial charge in [-0.25, -0.2) is 9.97 Å². The summed E-state index contributed by atoms with van der Waals surface area (Å²) < 4.78 is 11.6. The van der Waals surface area contributed by atoms with Crippen molar-refractivity contribution in [2.45, 2.75) is 11.4 Å². The summed E-state index contributed by atoms with van der Waals surface area (Å²) in [5.41, 5.74) is 3.25. The lowest BCUT2D eigenvalue weighted by Crippen LogP contribution is -2.27. The van der Waals surface area contributed by atoms with E-state index in [-0.39, 0.29) is 11.7 Å². The second-order valence-electron chi connectivity index (χ2n) is 7.09. The zero-order chi connectivity index (χ0) is 23.2. The molecular weight excluding hydrogens is 522 g/mol. The first-order chi connectivity index (χ1) is 16.1. The fourth-order valence-corrected chi connectivity index (χ4v) is 5.45. The van der Waals surface area contributed by atoms with Crippen molar-refractivity contribution in [2.24, 2.45) is 0 Å². The summed E-state index contributed by atoms with van der Waals surface area (Å²) in [5, 5.41) is 6.88. The SMILES string of the molecule is COc1ccc(CCNC(=O)CSc2ncnc3scc(-c4ccc(Br)cc4)c23)cc1OC. The van der Waals surface area contributed by atoms with Crippen LogP contribution in [0, 0.1) is 0 Å². The smallest absolute Gasteiger partial charge is 0.230 e. The molecule has 0 radical (unpaired) electrons. The fourth-order valence-electron chi connectivity index (χ4n) is 3.37. The Morgan fingerprint density at radius 3 is 2.64 bits per heavy atom. The Kier molecular flexibility index (Phi) is 7.85. The zero-order valence-electron chi connectivity index (χ0n) is 18.1. The number of nitrogens with one attached hydrogen (secondary N) is 1. The number of halogens is 1. The number of aromatic nitrogens is 2. The average molecular weight is 544 g/mol. The molecule has 6 nitrogen and oxygen atoms in total. The highest BCUT2D eigenvalue weighted by molar-refractivity contribution is 9.10. The molecule has 1 amide bonds. The first-order valence-electron chi connectivity index (χ1n) is 10.2. The third-order valence-electron chi connectivity index (χ3n) is 5.01. The van der Waals surface area contributed by atoms with Crippen molar-refractivity contribution < 1.29 is 14.3 Å². The summed E-state index contributed by atoms with van der Waals surface area (Å²) in [5.74, 6) is 1.62. The van der Waals surface area contributed by atoms with Gasteiger partial charge >= 0.3 is 0 Å². The summed E-state index contributed by atoms with van der Waals surface area (Å²) in [7, 11) is 3.22. The molecule has 0 aliphatic heterocycles. The molecule has 1 N–H and O–H groups in total. The first kappa shape index (κ1) is 23.5. The third kappa shape index (κ3) is 5.66. The van der Waals surface area contributed by atoms with E-state index in [2.05, 4.69) is 48.7 Å². The molecule has 2 aromatic carbocycles. The first-order valence-corrected chi connectivity index (χ1v) is 12.8. The van der Waals surface area contributed by atoms with Gasteiger partial charge in [0, 0.05) is 22.0 Å². The van der Waals surface area contributed by atoms with E-state index in [9.17, 15) is 4.79 Å². The Morgan fingerprint density at radius 1 is 1.09 bits per heavy atom. The van der Waals surface area contributed by atoms with Gasteiger partial charge in [-0.05, 0) is 41.8 Å². The molecule has 0 bridgehead atoms. The van der Waals surface area contributed by atoms with Gasteiger partial charge in [-0.2, -0.15) is 0 Å². The summed E-state index contributed by atoms with van der Waals surface area (Å²) in [6.45, 7) is 0.538. The number of thiophene rings is 1. The lowest BCUT2D eigenvalue weighted by atomic mass is 10.1. The van der Waals surface area contributed by atoms with E-state index in [0.29, 0.717) is 24.5 Å². The molecule has 2 heterocycles. The largest absolute Gasteiger partial charge is 0.493 e. The number of fused-ring (bicyclic) bond motifs is 1. The number of nitrogens with zero attached hydrogens (tertiary/aromatic N) is 2. The molecule has 0 atom stereocenters. The number of carbonyl (C=O) groups excluding carboxylic acids is 1. The van der Waals surface area contributed by atoms with Crippen molar-refractivity contribution in [3.8, 4) is 22.6 Å². The highest BCUT2D eigenvalue weighted by atomic mass is 79.9. The van der Waals surface area contributed by atoms with Gasteiger partial charge in [0.2, 0.25) is 5.91 Å². The molecule has 9 heteroatoms. The Bertz CT molecular complexity index is 1260. The molecule has 4 aromatic rings. The van der Waals surface area contributed by atoms with Crippen LogP contribution in [0.15, 0.2) is 63.7 Å². The highest BCUT2D eigenvalue weighted by Crippen LogP contribution is 2.38. The number of hydrogen-bond donors (Lipinski definition) is 1. The number of ether oxygens (including phenoxy) is 2. The lowest BCUT2D eigenvalue weighted by Gasteiger charge is -2.10. The highest BCUT2D eigenvalue weighted by Gasteiger charge is 2.15. The number of methoxy groups -OCH3 is 2. The maximum Gasteiger partial charge on any atom is 0.230 e. The monoisotopic (exact) mass is 543 g/mol. The maximum absolute atomic E-state index is 12.5. The van der Waals surface area contributed by atoms with E-state index in [1.165, 1.54) is 11.8 Å². The minimum absolute atomic E-state index is 0.0346. The molecule has 0 spiro atoms. The Balaban J connectivity index is 1.38. The lowest BCUT2D eigenvalue weighted by molar-refractivity contribution is -0.118. The number of rotatable bonds is 9. The van der Waals surface area contributed by atoms with Gasteiger partial charge in [0.1, 0.15) is 16.2 Å². The molecule has 0 saturated carbocycles. The summed E-state index contributed by atoms with van der Waals surface area (Å²) in [6.07, 6.45) is 2.26. The maximum atomic E-state index is 12.5. The van der Waals surface area contributed by atoms with Crippen molar-refractivity contribution in [1.29, 1.82) is 0 Å². The van der Waals surface area contributed by atoms with Gasteiger partial charge in [0.05, 0.1) is 25.4 Å².